The molecular weight excluding hydrogens is 409 g/mol. The van der Waals surface area contributed by atoms with E-state index in [0.717, 1.165) is 0 Å². The average Bonchev–Trinajstić information content (AvgIpc) is 3.23. The summed E-state index contributed by atoms with van der Waals surface area (Å²) < 4.78 is 38.2. The Morgan fingerprint density at radius 1 is 1.30 bits per heavy atom. The first-order chi connectivity index (χ1) is 13.8. The van der Waals surface area contributed by atoms with Gasteiger partial charge in [-0.3, -0.25) is 14.4 Å². The van der Waals surface area contributed by atoms with Crippen LogP contribution in [-0.4, -0.2) is 74.6 Å². The van der Waals surface area contributed by atoms with Gasteiger partial charge in [-0.1, -0.05) is 26.0 Å². The molecule has 1 aromatic heterocycles. The van der Waals surface area contributed by atoms with Crippen LogP contribution < -0.4 is 10.6 Å². The second-order valence-corrected chi connectivity index (χ2v) is 8.15. The molecule has 2 rings (SSSR count). The number of amides is 3. The molecule has 3 N–H and O–H groups in total. The molecule has 10 nitrogen and oxygen atoms in total. The Hall–Kier alpha value is -2.70. The third-order valence-corrected chi connectivity index (χ3v) is 4.68. The van der Waals surface area contributed by atoms with Gasteiger partial charge in [-0.05, 0) is 5.41 Å². The summed E-state index contributed by atoms with van der Waals surface area (Å²) in [6.45, 7) is 4.70. The van der Waals surface area contributed by atoms with E-state index in [0.29, 0.717) is 0 Å². The summed E-state index contributed by atoms with van der Waals surface area (Å²) in [5.74, 6) is -3.01. The van der Waals surface area contributed by atoms with Gasteiger partial charge in [-0.15, -0.1) is 5.10 Å². The number of likely N-dealkylation sites (N-methyl/N-ethyl adjacent to an activating group) is 1. The highest BCUT2D eigenvalue weighted by atomic mass is 19.4. The van der Waals surface area contributed by atoms with Crippen LogP contribution in [0.4, 0.5) is 13.2 Å². The summed E-state index contributed by atoms with van der Waals surface area (Å²) >= 11 is 0. The highest BCUT2D eigenvalue weighted by molar-refractivity contribution is 5.90. The van der Waals surface area contributed by atoms with Crippen molar-refractivity contribution in [3.63, 3.8) is 0 Å². The number of aliphatic hydroxyl groups excluding tert-OH is 1. The van der Waals surface area contributed by atoms with Gasteiger partial charge in [0.1, 0.15) is 17.8 Å². The normalized spacial score (nSPS) is 20.7. The van der Waals surface area contributed by atoms with Crippen LogP contribution in [0.1, 0.15) is 38.9 Å². The van der Waals surface area contributed by atoms with E-state index in [1.165, 1.54) is 22.8 Å². The highest BCUT2D eigenvalue weighted by Crippen LogP contribution is 2.34. The summed E-state index contributed by atoms with van der Waals surface area (Å²) in [4.78, 5) is 37.7. The molecule has 3 atom stereocenters. The number of likely N-dealkylation sites (tertiary alicyclic amines) is 1. The van der Waals surface area contributed by atoms with Crippen molar-refractivity contribution in [2.24, 2.45) is 5.41 Å². The number of β-amino-alcohol motifs (C(OH)–C–C–N with tert-alkyl or cyclic N) is 1. The number of alkyl halides is 3. The van der Waals surface area contributed by atoms with Gasteiger partial charge < -0.3 is 20.6 Å². The number of hydrogen-bond donors (Lipinski definition) is 3. The number of halogens is 3. The Bertz CT molecular complexity index is 804. The van der Waals surface area contributed by atoms with Crippen LogP contribution in [0.2, 0.25) is 0 Å². The Labute approximate surface area is 170 Å². The zero-order chi connectivity index (χ0) is 22.9. The van der Waals surface area contributed by atoms with Crippen molar-refractivity contribution in [2.75, 3.05) is 13.6 Å². The molecule has 0 unspecified atom stereocenters. The SMILES string of the molecule is CNC(=O)[C@@H]1C[C@@H](O)CN1C(=O)[C@@H](n1cc(CNC(=O)C(F)(F)F)nn1)C(C)(C)C. The molecule has 1 aromatic rings. The minimum atomic E-state index is -5.02. The van der Waals surface area contributed by atoms with E-state index < -0.39 is 54.0 Å². The third kappa shape index (κ3) is 5.26. The van der Waals surface area contributed by atoms with Gasteiger partial charge in [-0.25, -0.2) is 4.68 Å². The summed E-state index contributed by atoms with van der Waals surface area (Å²) in [6, 6.07) is -1.80. The van der Waals surface area contributed by atoms with Crippen LogP contribution in [-0.2, 0) is 20.9 Å². The smallest absolute Gasteiger partial charge is 0.391 e. The molecule has 0 spiro atoms. The molecule has 2 heterocycles. The van der Waals surface area contributed by atoms with E-state index in [-0.39, 0.29) is 18.7 Å². The second kappa shape index (κ2) is 8.58. The van der Waals surface area contributed by atoms with Gasteiger partial charge in [0.15, 0.2) is 0 Å². The lowest BCUT2D eigenvalue weighted by atomic mass is 9.85. The molecule has 1 fully saturated rings. The minimum absolute atomic E-state index is 0.0268. The fourth-order valence-electron chi connectivity index (χ4n) is 3.30. The molecule has 3 amide bonds. The van der Waals surface area contributed by atoms with Gasteiger partial charge in [-0.2, -0.15) is 13.2 Å². The van der Waals surface area contributed by atoms with Gasteiger partial charge in [0.2, 0.25) is 11.8 Å². The molecule has 30 heavy (non-hydrogen) atoms. The van der Waals surface area contributed by atoms with Gasteiger partial charge in [0, 0.05) is 20.0 Å². The van der Waals surface area contributed by atoms with Crippen molar-refractivity contribution in [1.82, 2.24) is 30.5 Å². The molecule has 1 aliphatic heterocycles. The molecule has 0 aromatic carbocycles. The maximum atomic E-state index is 13.3. The lowest BCUT2D eigenvalue weighted by Gasteiger charge is -2.34. The molecule has 0 aliphatic carbocycles. The predicted octanol–water partition coefficient (Wildman–Crippen LogP) is -0.248. The third-order valence-electron chi connectivity index (χ3n) is 4.68. The predicted molar refractivity (Wildman–Crippen MR) is 96.6 cm³/mol. The monoisotopic (exact) mass is 434 g/mol. The summed E-state index contributed by atoms with van der Waals surface area (Å²) in [5.41, 5.74) is -0.683. The van der Waals surface area contributed by atoms with Crippen LogP contribution in [0.5, 0.6) is 0 Å². The van der Waals surface area contributed by atoms with E-state index in [1.54, 1.807) is 26.1 Å². The zero-order valence-corrected chi connectivity index (χ0v) is 17.0. The van der Waals surface area contributed by atoms with E-state index in [4.69, 9.17) is 0 Å². The molecular formula is C17H25F3N6O4. The fraction of sp³-hybridized carbons (Fsp3) is 0.706. The topological polar surface area (TPSA) is 129 Å². The Balaban J connectivity index is 2.25. The first-order valence-electron chi connectivity index (χ1n) is 9.21. The molecule has 0 bridgehead atoms. The van der Waals surface area contributed by atoms with Gasteiger partial charge in [0.25, 0.3) is 0 Å². The zero-order valence-electron chi connectivity index (χ0n) is 17.0. The van der Waals surface area contributed by atoms with Crippen LogP contribution in [0.15, 0.2) is 6.20 Å². The average molecular weight is 434 g/mol. The first kappa shape index (κ1) is 23.6. The Kier molecular flexibility index (Phi) is 6.74. The Morgan fingerprint density at radius 2 is 1.93 bits per heavy atom. The molecule has 168 valence electrons. The number of nitrogens with zero attached hydrogens (tertiary/aromatic N) is 4. The first-order valence-corrected chi connectivity index (χ1v) is 9.21. The minimum Gasteiger partial charge on any atom is -0.391 e. The van der Waals surface area contributed by atoms with Crippen molar-refractivity contribution >= 4 is 17.7 Å². The van der Waals surface area contributed by atoms with Crippen molar-refractivity contribution in [2.45, 2.75) is 58.1 Å². The number of aromatic nitrogens is 3. The van der Waals surface area contributed by atoms with Crippen LogP contribution in [0.25, 0.3) is 0 Å². The number of aliphatic hydroxyl groups is 1. The number of hydrogen-bond acceptors (Lipinski definition) is 6. The van der Waals surface area contributed by atoms with Crippen LogP contribution >= 0.6 is 0 Å². The van der Waals surface area contributed by atoms with Crippen molar-refractivity contribution in [1.29, 1.82) is 0 Å². The quantitative estimate of drug-likeness (QED) is 0.586. The van der Waals surface area contributed by atoms with E-state index in [2.05, 4.69) is 15.6 Å². The van der Waals surface area contributed by atoms with Gasteiger partial charge in [0.05, 0.1) is 18.8 Å². The Morgan fingerprint density at radius 3 is 2.47 bits per heavy atom. The van der Waals surface area contributed by atoms with Crippen molar-refractivity contribution in [3.8, 4) is 0 Å². The summed E-state index contributed by atoms with van der Waals surface area (Å²) in [6.07, 6.45) is -4.52. The summed E-state index contributed by atoms with van der Waals surface area (Å²) in [5, 5.41) is 21.7. The van der Waals surface area contributed by atoms with Crippen LogP contribution in [0, 0.1) is 5.41 Å². The maximum absolute atomic E-state index is 13.3. The molecule has 0 saturated carbocycles. The van der Waals surface area contributed by atoms with E-state index in [9.17, 15) is 32.7 Å². The molecule has 1 saturated heterocycles. The highest BCUT2D eigenvalue weighted by Gasteiger charge is 2.45. The summed E-state index contributed by atoms with van der Waals surface area (Å²) in [7, 11) is 1.43. The fourth-order valence-corrected chi connectivity index (χ4v) is 3.30. The van der Waals surface area contributed by atoms with E-state index in [1.807, 2.05) is 0 Å². The molecule has 0 radical (unpaired) electrons. The van der Waals surface area contributed by atoms with Crippen molar-refractivity contribution in [3.05, 3.63) is 11.9 Å². The number of carbonyl (C=O) groups excluding carboxylic acids is 3. The standard InChI is InChI=1S/C17H25F3N6O4/c1-16(2,3)12(14(29)25-8-10(27)5-11(25)13(28)21-4)26-7-9(23-24-26)6-22-15(30)17(18,19)20/h7,10-12,27H,5-6,8H2,1-4H3,(H,21,28)(H,22,30)/t10-,11+,12-/m1/s1. The van der Waals surface area contributed by atoms with E-state index >= 15 is 0 Å². The number of rotatable bonds is 5. The lowest BCUT2D eigenvalue weighted by molar-refractivity contribution is -0.173. The lowest BCUT2D eigenvalue weighted by Crippen LogP contribution is -2.49. The van der Waals surface area contributed by atoms with Crippen LogP contribution in [0.3, 0.4) is 0 Å². The van der Waals surface area contributed by atoms with Gasteiger partial charge >= 0.3 is 12.1 Å². The maximum Gasteiger partial charge on any atom is 0.471 e. The molecule has 13 heteroatoms. The van der Waals surface area contributed by atoms with Crippen molar-refractivity contribution < 1.29 is 32.7 Å². The molecule has 1 aliphatic rings. The number of carbonyl (C=O) groups is 3. The second-order valence-electron chi connectivity index (χ2n) is 8.15. The number of nitrogens with one attached hydrogen (secondary N) is 2. The largest absolute Gasteiger partial charge is 0.471 e.